The number of hydrogen-bond acceptors (Lipinski definition) is 4. The number of benzene rings is 1. The minimum absolute atomic E-state index is 0.268. The molecule has 0 aliphatic heterocycles. The Morgan fingerprint density at radius 2 is 2.00 bits per heavy atom. The van der Waals surface area contributed by atoms with Gasteiger partial charge in [0.05, 0.1) is 25.4 Å². The van der Waals surface area contributed by atoms with Crippen molar-refractivity contribution < 1.29 is 9.53 Å². The van der Waals surface area contributed by atoms with Crippen molar-refractivity contribution in [2.45, 2.75) is 6.54 Å². The zero-order chi connectivity index (χ0) is 16.9. The third-order valence-electron chi connectivity index (χ3n) is 3.44. The van der Waals surface area contributed by atoms with E-state index in [2.05, 4.69) is 15.4 Å². The lowest BCUT2D eigenvalue weighted by Crippen LogP contribution is -2.16. The van der Waals surface area contributed by atoms with Crippen molar-refractivity contribution in [3.8, 4) is 5.75 Å². The molecule has 0 bridgehead atoms. The van der Waals surface area contributed by atoms with Gasteiger partial charge in [-0.25, -0.2) is 9.67 Å². The second-order valence-corrected chi connectivity index (χ2v) is 5.43. The zero-order valence-electron chi connectivity index (χ0n) is 12.9. The van der Waals surface area contributed by atoms with Crippen LogP contribution in [0.15, 0.2) is 54.9 Å². The summed E-state index contributed by atoms with van der Waals surface area (Å²) < 4.78 is 6.85. The predicted octanol–water partition coefficient (Wildman–Crippen LogP) is 3.24. The summed E-state index contributed by atoms with van der Waals surface area (Å²) in [5.74, 6) is 1.13. The monoisotopic (exact) mass is 342 g/mol. The fourth-order valence-electron chi connectivity index (χ4n) is 2.17. The molecule has 3 rings (SSSR count). The molecular weight excluding hydrogens is 328 g/mol. The topological polar surface area (TPSA) is 69.0 Å². The Morgan fingerprint density at radius 1 is 1.21 bits per heavy atom. The fraction of sp³-hybridized carbons (Fsp3) is 0.118. The lowest BCUT2D eigenvalue weighted by Gasteiger charge is -2.09. The zero-order valence-corrected chi connectivity index (χ0v) is 13.7. The van der Waals surface area contributed by atoms with Crippen LogP contribution in [0.3, 0.4) is 0 Å². The van der Waals surface area contributed by atoms with Gasteiger partial charge in [-0.2, -0.15) is 5.10 Å². The highest BCUT2D eigenvalue weighted by Gasteiger charge is 2.10. The molecule has 0 saturated carbocycles. The van der Waals surface area contributed by atoms with Gasteiger partial charge in [-0.05, 0) is 29.8 Å². The molecule has 0 aliphatic carbocycles. The van der Waals surface area contributed by atoms with Gasteiger partial charge >= 0.3 is 0 Å². The van der Waals surface area contributed by atoms with Crippen LogP contribution in [-0.4, -0.2) is 27.8 Å². The molecule has 0 unspecified atom stereocenters. The summed E-state index contributed by atoms with van der Waals surface area (Å²) in [6.07, 6.45) is 3.07. The van der Waals surface area contributed by atoms with Gasteiger partial charge < -0.3 is 10.1 Å². The van der Waals surface area contributed by atoms with Crippen LogP contribution in [0.5, 0.6) is 5.75 Å². The Labute approximate surface area is 144 Å². The van der Waals surface area contributed by atoms with Gasteiger partial charge in [0.25, 0.3) is 5.91 Å². The van der Waals surface area contributed by atoms with Gasteiger partial charge in [0.1, 0.15) is 16.7 Å². The molecule has 0 aliphatic rings. The highest BCUT2D eigenvalue weighted by atomic mass is 35.5. The van der Waals surface area contributed by atoms with Crippen LogP contribution in [0, 0.1) is 0 Å². The summed E-state index contributed by atoms with van der Waals surface area (Å²) in [6, 6.07) is 12.6. The standard InChI is InChI=1S/C17H15ClN4O2/c1-24-14-5-2-12(3-6-14)11-22-16(8-9-20-22)21-17(23)13-4-7-15(18)19-10-13/h2-10H,11H2,1H3,(H,21,23). The van der Waals surface area contributed by atoms with Crippen molar-refractivity contribution in [2.75, 3.05) is 12.4 Å². The second-order valence-electron chi connectivity index (χ2n) is 5.05. The van der Waals surface area contributed by atoms with E-state index in [0.29, 0.717) is 23.1 Å². The summed E-state index contributed by atoms with van der Waals surface area (Å²) in [4.78, 5) is 16.2. The molecule has 2 aromatic heterocycles. The molecule has 1 N–H and O–H groups in total. The number of ether oxygens (including phenoxy) is 1. The van der Waals surface area contributed by atoms with Crippen LogP contribution in [0.4, 0.5) is 5.82 Å². The van der Waals surface area contributed by atoms with E-state index in [0.717, 1.165) is 11.3 Å². The van der Waals surface area contributed by atoms with Gasteiger partial charge in [0.2, 0.25) is 0 Å². The van der Waals surface area contributed by atoms with E-state index in [9.17, 15) is 4.79 Å². The average Bonchev–Trinajstić information content (AvgIpc) is 3.03. The summed E-state index contributed by atoms with van der Waals surface area (Å²) in [5, 5.41) is 7.42. The number of carbonyl (C=O) groups is 1. The van der Waals surface area contributed by atoms with Gasteiger partial charge in [-0.3, -0.25) is 4.79 Å². The van der Waals surface area contributed by atoms with Crippen molar-refractivity contribution in [1.29, 1.82) is 0 Å². The number of methoxy groups -OCH3 is 1. The van der Waals surface area contributed by atoms with Crippen molar-refractivity contribution >= 4 is 23.3 Å². The second kappa shape index (κ2) is 7.14. The number of hydrogen-bond donors (Lipinski definition) is 1. The first-order chi connectivity index (χ1) is 11.7. The van der Waals surface area contributed by atoms with E-state index in [1.807, 2.05) is 24.3 Å². The number of rotatable bonds is 5. The molecular formula is C17H15ClN4O2. The smallest absolute Gasteiger partial charge is 0.258 e. The molecule has 1 amide bonds. The van der Waals surface area contributed by atoms with Crippen LogP contribution in [0.2, 0.25) is 5.15 Å². The van der Waals surface area contributed by atoms with Crippen LogP contribution in [0.25, 0.3) is 0 Å². The first kappa shape index (κ1) is 16.0. The van der Waals surface area contributed by atoms with Crippen LogP contribution in [0.1, 0.15) is 15.9 Å². The molecule has 2 heterocycles. The van der Waals surface area contributed by atoms with E-state index in [1.54, 1.807) is 36.2 Å². The molecule has 7 heteroatoms. The maximum Gasteiger partial charge on any atom is 0.258 e. The number of pyridine rings is 1. The van der Waals surface area contributed by atoms with Gasteiger partial charge in [0, 0.05) is 12.3 Å². The van der Waals surface area contributed by atoms with Crippen molar-refractivity contribution in [2.24, 2.45) is 0 Å². The van der Waals surface area contributed by atoms with Crippen LogP contribution >= 0.6 is 11.6 Å². The first-order valence-electron chi connectivity index (χ1n) is 7.23. The Kier molecular flexibility index (Phi) is 4.77. The molecule has 6 nitrogen and oxygen atoms in total. The molecule has 0 atom stereocenters. The molecule has 0 spiro atoms. The lowest BCUT2D eigenvalue weighted by atomic mass is 10.2. The van der Waals surface area contributed by atoms with Crippen molar-refractivity contribution in [1.82, 2.24) is 14.8 Å². The Morgan fingerprint density at radius 3 is 2.67 bits per heavy atom. The van der Waals surface area contributed by atoms with E-state index in [4.69, 9.17) is 16.3 Å². The van der Waals surface area contributed by atoms with E-state index >= 15 is 0 Å². The van der Waals surface area contributed by atoms with Gasteiger partial charge in [-0.15, -0.1) is 0 Å². The summed E-state index contributed by atoms with van der Waals surface area (Å²) in [6.45, 7) is 0.533. The largest absolute Gasteiger partial charge is 0.497 e. The maximum absolute atomic E-state index is 12.3. The molecule has 0 saturated heterocycles. The highest BCUT2D eigenvalue weighted by molar-refractivity contribution is 6.29. The summed E-state index contributed by atoms with van der Waals surface area (Å²) in [5.41, 5.74) is 1.47. The van der Waals surface area contributed by atoms with Gasteiger partial charge in [-0.1, -0.05) is 23.7 Å². The van der Waals surface area contributed by atoms with Crippen LogP contribution in [-0.2, 0) is 6.54 Å². The minimum Gasteiger partial charge on any atom is -0.497 e. The van der Waals surface area contributed by atoms with Crippen LogP contribution < -0.4 is 10.1 Å². The highest BCUT2D eigenvalue weighted by Crippen LogP contribution is 2.15. The first-order valence-corrected chi connectivity index (χ1v) is 7.61. The SMILES string of the molecule is COc1ccc(Cn2nccc2NC(=O)c2ccc(Cl)nc2)cc1. The molecule has 122 valence electrons. The normalized spacial score (nSPS) is 10.4. The number of anilines is 1. The Bertz CT molecular complexity index is 829. The number of nitrogens with one attached hydrogen (secondary N) is 1. The van der Waals surface area contributed by atoms with Crippen molar-refractivity contribution in [3.63, 3.8) is 0 Å². The summed E-state index contributed by atoms with van der Waals surface area (Å²) in [7, 11) is 1.63. The number of nitrogens with zero attached hydrogens (tertiary/aromatic N) is 3. The number of carbonyl (C=O) groups excluding carboxylic acids is 1. The average molecular weight is 343 g/mol. The summed E-state index contributed by atoms with van der Waals surface area (Å²) >= 11 is 5.73. The molecule has 0 fully saturated rings. The van der Waals surface area contributed by atoms with E-state index < -0.39 is 0 Å². The number of halogens is 1. The molecule has 24 heavy (non-hydrogen) atoms. The third kappa shape index (κ3) is 3.72. The Hall–Kier alpha value is -2.86. The van der Waals surface area contributed by atoms with Crippen molar-refractivity contribution in [3.05, 3.63) is 71.1 Å². The maximum atomic E-state index is 12.3. The quantitative estimate of drug-likeness (QED) is 0.723. The Balaban J connectivity index is 1.72. The van der Waals surface area contributed by atoms with E-state index in [-0.39, 0.29) is 5.91 Å². The number of aromatic nitrogens is 3. The molecule has 1 aromatic carbocycles. The minimum atomic E-state index is -0.268. The predicted molar refractivity (Wildman–Crippen MR) is 91.5 cm³/mol. The molecule has 0 radical (unpaired) electrons. The fourth-order valence-corrected chi connectivity index (χ4v) is 2.28. The molecule has 3 aromatic rings. The third-order valence-corrected chi connectivity index (χ3v) is 3.66. The number of amides is 1. The van der Waals surface area contributed by atoms with E-state index in [1.165, 1.54) is 6.20 Å². The lowest BCUT2D eigenvalue weighted by molar-refractivity contribution is 0.102. The van der Waals surface area contributed by atoms with Gasteiger partial charge in [0.15, 0.2) is 0 Å².